The number of hydrogen-bond acceptors (Lipinski definition) is 5. The number of carbonyl (C=O) groups is 2. The summed E-state index contributed by atoms with van der Waals surface area (Å²) in [7, 11) is 1.87. The van der Waals surface area contributed by atoms with Crippen molar-refractivity contribution in [2.75, 3.05) is 26.2 Å². The van der Waals surface area contributed by atoms with Crippen molar-refractivity contribution >= 4 is 23.0 Å². The van der Waals surface area contributed by atoms with E-state index in [1.54, 1.807) is 9.58 Å². The number of ether oxygens (including phenoxy) is 1. The normalized spacial score (nSPS) is 17.9. The van der Waals surface area contributed by atoms with Crippen molar-refractivity contribution in [2.24, 2.45) is 7.05 Å². The van der Waals surface area contributed by atoms with Gasteiger partial charge in [-0.25, -0.2) is 9.78 Å². The Balaban J connectivity index is 1.58. The summed E-state index contributed by atoms with van der Waals surface area (Å²) in [6.07, 6.45) is 2.65. The van der Waals surface area contributed by atoms with Gasteiger partial charge in [-0.15, -0.1) is 0 Å². The van der Waals surface area contributed by atoms with E-state index in [0.717, 1.165) is 41.7 Å². The fourth-order valence-corrected chi connectivity index (χ4v) is 4.02. The van der Waals surface area contributed by atoms with Gasteiger partial charge in [0.2, 0.25) is 0 Å². The molecule has 1 aliphatic carbocycles. The molecule has 2 fully saturated rings. The molecule has 0 N–H and O–H groups in total. The zero-order valence-corrected chi connectivity index (χ0v) is 18.6. The highest BCUT2D eigenvalue weighted by Crippen LogP contribution is 2.40. The van der Waals surface area contributed by atoms with Crippen LogP contribution in [0, 0.1) is 6.92 Å². The SMILES string of the molecule is Cc1nn(C)c2nc(C3CC3)cc(C(=O)N3CCCN(C(=O)OC(C)(C)C)CC3)c12. The average Bonchev–Trinajstić information content (AvgIpc) is 3.48. The molecule has 8 nitrogen and oxygen atoms in total. The third-order valence-corrected chi connectivity index (χ3v) is 5.65. The monoisotopic (exact) mass is 413 g/mol. The molecule has 2 aromatic rings. The van der Waals surface area contributed by atoms with Crippen LogP contribution in [0.1, 0.15) is 67.7 Å². The first-order valence-electron chi connectivity index (χ1n) is 10.8. The summed E-state index contributed by atoms with van der Waals surface area (Å²) in [4.78, 5) is 34.3. The number of pyridine rings is 1. The lowest BCUT2D eigenvalue weighted by Gasteiger charge is -2.26. The number of rotatable bonds is 2. The quantitative estimate of drug-likeness (QED) is 0.755. The lowest BCUT2D eigenvalue weighted by molar-refractivity contribution is 0.0255. The molecular weight excluding hydrogens is 382 g/mol. The maximum absolute atomic E-state index is 13.6. The Hall–Kier alpha value is -2.64. The molecule has 8 heteroatoms. The Morgan fingerprint density at radius 2 is 1.77 bits per heavy atom. The summed E-state index contributed by atoms with van der Waals surface area (Å²) < 4.78 is 7.27. The zero-order chi connectivity index (χ0) is 21.6. The minimum atomic E-state index is -0.529. The van der Waals surface area contributed by atoms with Gasteiger partial charge in [-0.05, 0) is 53.0 Å². The summed E-state index contributed by atoms with van der Waals surface area (Å²) in [6.45, 7) is 9.66. The van der Waals surface area contributed by atoms with E-state index in [1.165, 1.54) is 0 Å². The van der Waals surface area contributed by atoms with E-state index in [0.29, 0.717) is 37.7 Å². The van der Waals surface area contributed by atoms with Crippen LogP contribution in [0.3, 0.4) is 0 Å². The number of fused-ring (bicyclic) bond motifs is 1. The van der Waals surface area contributed by atoms with Gasteiger partial charge in [0.1, 0.15) is 5.60 Å². The standard InChI is InChI=1S/C22H31N5O3/c1-14-18-16(13-17(15-7-8-15)23-19(18)25(5)24-14)20(28)26-9-6-10-27(12-11-26)21(29)30-22(2,3)4/h13,15H,6-12H2,1-5H3. The Bertz CT molecular complexity index is 987. The van der Waals surface area contributed by atoms with Crippen molar-refractivity contribution in [3.63, 3.8) is 0 Å². The molecule has 2 aliphatic rings. The lowest BCUT2D eigenvalue weighted by atomic mass is 10.1. The van der Waals surface area contributed by atoms with E-state index in [4.69, 9.17) is 9.72 Å². The first-order valence-corrected chi connectivity index (χ1v) is 10.8. The van der Waals surface area contributed by atoms with E-state index in [2.05, 4.69) is 5.10 Å². The Kier molecular flexibility index (Phi) is 5.20. The first-order chi connectivity index (χ1) is 14.1. The Morgan fingerprint density at radius 1 is 1.10 bits per heavy atom. The second-order valence-electron chi connectivity index (χ2n) is 9.39. The van der Waals surface area contributed by atoms with Crippen molar-refractivity contribution < 1.29 is 14.3 Å². The van der Waals surface area contributed by atoms with Crippen molar-refractivity contribution in [2.45, 2.75) is 58.5 Å². The van der Waals surface area contributed by atoms with E-state index in [9.17, 15) is 9.59 Å². The number of carbonyl (C=O) groups excluding carboxylic acids is 2. The molecule has 0 unspecified atom stereocenters. The van der Waals surface area contributed by atoms with Crippen LogP contribution in [0.4, 0.5) is 4.79 Å². The molecular formula is C22H31N5O3. The minimum absolute atomic E-state index is 0.00793. The third kappa shape index (κ3) is 4.13. The highest BCUT2D eigenvalue weighted by atomic mass is 16.6. The molecule has 3 heterocycles. The maximum atomic E-state index is 13.6. The maximum Gasteiger partial charge on any atom is 0.410 e. The largest absolute Gasteiger partial charge is 0.444 e. The van der Waals surface area contributed by atoms with Gasteiger partial charge < -0.3 is 14.5 Å². The average molecular weight is 414 g/mol. The smallest absolute Gasteiger partial charge is 0.410 e. The Morgan fingerprint density at radius 3 is 2.43 bits per heavy atom. The summed E-state index contributed by atoms with van der Waals surface area (Å²) in [5.74, 6) is 0.439. The van der Waals surface area contributed by atoms with Crippen LogP contribution in [0.25, 0.3) is 11.0 Å². The second kappa shape index (κ2) is 7.56. The van der Waals surface area contributed by atoms with Crippen LogP contribution in [0.2, 0.25) is 0 Å². The Labute approximate surface area is 177 Å². The van der Waals surface area contributed by atoms with E-state index < -0.39 is 5.60 Å². The molecule has 2 aromatic heterocycles. The van der Waals surface area contributed by atoms with Gasteiger partial charge in [-0.3, -0.25) is 9.48 Å². The summed E-state index contributed by atoms with van der Waals surface area (Å²) >= 11 is 0. The van der Waals surface area contributed by atoms with Gasteiger partial charge in [0, 0.05) is 44.8 Å². The minimum Gasteiger partial charge on any atom is -0.444 e. The zero-order valence-electron chi connectivity index (χ0n) is 18.6. The molecule has 30 heavy (non-hydrogen) atoms. The van der Waals surface area contributed by atoms with E-state index in [-0.39, 0.29) is 12.0 Å². The molecule has 0 spiro atoms. The fourth-order valence-electron chi connectivity index (χ4n) is 4.02. The first kappa shape index (κ1) is 20.6. The molecule has 0 aromatic carbocycles. The van der Waals surface area contributed by atoms with Crippen molar-refractivity contribution in [1.29, 1.82) is 0 Å². The molecule has 0 radical (unpaired) electrons. The van der Waals surface area contributed by atoms with Crippen LogP contribution in [-0.2, 0) is 11.8 Å². The van der Waals surface area contributed by atoms with Crippen molar-refractivity contribution in [1.82, 2.24) is 24.6 Å². The van der Waals surface area contributed by atoms with Crippen molar-refractivity contribution in [3.8, 4) is 0 Å². The molecule has 4 rings (SSSR count). The molecule has 0 atom stereocenters. The second-order valence-corrected chi connectivity index (χ2v) is 9.39. The van der Waals surface area contributed by atoms with Crippen molar-refractivity contribution in [3.05, 3.63) is 23.0 Å². The lowest BCUT2D eigenvalue weighted by Crippen LogP contribution is -2.40. The van der Waals surface area contributed by atoms with Crippen LogP contribution in [0.5, 0.6) is 0 Å². The van der Waals surface area contributed by atoms with Crippen LogP contribution < -0.4 is 0 Å². The summed E-state index contributed by atoms with van der Waals surface area (Å²) in [5, 5.41) is 5.33. The van der Waals surface area contributed by atoms with Crippen LogP contribution in [0.15, 0.2) is 6.07 Å². The van der Waals surface area contributed by atoms with Crippen LogP contribution in [-0.4, -0.2) is 68.3 Å². The topological polar surface area (TPSA) is 80.6 Å². The molecule has 162 valence electrons. The van der Waals surface area contributed by atoms with Gasteiger partial charge in [0.05, 0.1) is 16.6 Å². The molecule has 1 saturated heterocycles. The van der Waals surface area contributed by atoms with E-state index >= 15 is 0 Å². The van der Waals surface area contributed by atoms with Crippen LogP contribution >= 0.6 is 0 Å². The highest BCUT2D eigenvalue weighted by molar-refractivity contribution is 6.06. The number of nitrogens with zero attached hydrogens (tertiary/aromatic N) is 5. The van der Waals surface area contributed by atoms with E-state index in [1.807, 2.05) is 45.7 Å². The summed E-state index contributed by atoms with van der Waals surface area (Å²) in [6, 6.07) is 1.97. The molecule has 2 amide bonds. The number of aryl methyl sites for hydroxylation is 2. The fraction of sp³-hybridized carbons (Fsp3) is 0.636. The number of aromatic nitrogens is 3. The number of hydrogen-bond donors (Lipinski definition) is 0. The number of amides is 2. The van der Waals surface area contributed by atoms with Gasteiger partial charge in [-0.1, -0.05) is 0 Å². The van der Waals surface area contributed by atoms with Gasteiger partial charge in [0.15, 0.2) is 5.65 Å². The molecule has 0 bridgehead atoms. The third-order valence-electron chi connectivity index (χ3n) is 5.65. The predicted octanol–water partition coefficient (Wildman–Crippen LogP) is 3.24. The van der Waals surface area contributed by atoms with Gasteiger partial charge in [0.25, 0.3) is 5.91 Å². The van der Waals surface area contributed by atoms with Gasteiger partial charge in [-0.2, -0.15) is 5.10 Å². The molecule has 1 saturated carbocycles. The predicted molar refractivity (Wildman–Crippen MR) is 114 cm³/mol. The summed E-state index contributed by atoms with van der Waals surface area (Å²) in [5.41, 5.74) is 2.72. The highest BCUT2D eigenvalue weighted by Gasteiger charge is 2.31. The molecule has 1 aliphatic heterocycles. The van der Waals surface area contributed by atoms with Gasteiger partial charge >= 0.3 is 6.09 Å².